The van der Waals surface area contributed by atoms with Crippen molar-refractivity contribution in [1.29, 1.82) is 0 Å². The lowest BCUT2D eigenvalue weighted by molar-refractivity contribution is 0.0517. The van der Waals surface area contributed by atoms with Crippen molar-refractivity contribution in [1.82, 2.24) is 14.7 Å². The van der Waals surface area contributed by atoms with Gasteiger partial charge in [0.15, 0.2) is 5.69 Å². The zero-order valence-electron chi connectivity index (χ0n) is 15.0. The van der Waals surface area contributed by atoms with E-state index in [-0.39, 0.29) is 24.8 Å². The quantitative estimate of drug-likeness (QED) is 0.566. The lowest BCUT2D eigenvalue weighted by Gasteiger charge is -2.31. The summed E-state index contributed by atoms with van der Waals surface area (Å²) < 4.78 is 28.2. The number of ether oxygens (including phenoxy) is 1. The first kappa shape index (κ1) is 19.6. The zero-order chi connectivity index (χ0) is 18.8. The van der Waals surface area contributed by atoms with Gasteiger partial charge in [0.1, 0.15) is 5.69 Å². The normalized spacial score (nSPS) is 18.8. The number of fused-ring (bicyclic) bond motifs is 1. The maximum absolute atomic E-state index is 12.7. The van der Waals surface area contributed by atoms with Crippen molar-refractivity contribution in [3.8, 4) is 0 Å². The van der Waals surface area contributed by atoms with E-state index in [9.17, 15) is 18.4 Å². The van der Waals surface area contributed by atoms with Gasteiger partial charge in [-0.15, -0.1) is 0 Å². The SMILES string of the molecule is CC.CCOC(=O)c1nn(C)c2c1CCN(CC1(S(=O)[O-])CC1)C2=O. The molecule has 0 spiro atoms. The topological polar surface area (TPSA) is 105 Å². The van der Waals surface area contributed by atoms with Crippen molar-refractivity contribution >= 4 is 23.0 Å². The van der Waals surface area contributed by atoms with Gasteiger partial charge in [-0.2, -0.15) is 5.10 Å². The monoisotopic (exact) mass is 370 g/mol. The maximum Gasteiger partial charge on any atom is 0.359 e. The highest BCUT2D eigenvalue weighted by Crippen LogP contribution is 2.42. The molecule has 1 saturated carbocycles. The highest BCUT2D eigenvalue weighted by molar-refractivity contribution is 7.81. The van der Waals surface area contributed by atoms with Gasteiger partial charge in [-0.25, -0.2) is 4.79 Å². The Balaban J connectivity index is 0.00000109. The summed E-state index contributed by atoms with van der Waals surface area (Å²) in [4.78, 5) is 26.2. The first-order valence-corrected chi connectivity index (χ1v) is 9.59. The van der Waals surface area contributed by atoms with E-state index in [0.717, 1.165) is 0 Å². The molecule has 1 amide bonds. The van der Waals surface area contributed by atoms with Crippen molar-refractivity contribution in [3.63, 3.8) is 0 Å². The number of amides is 1. The van der Waals surface area contributed by atoms with Crippen molar-refractivity contribution in [2.45, 2.75) is 44.8 Å². The second kappa shape index (κ2) is 7.65. The van der Waals surface area contributed by atoms with Crippen molar-refractivity contribution < 1.29 is 23.1 Å². The van der Waals surface area contributed by atoms with Crippen molar-refractivity contribution in [3.05, 3.63) is 17.0 Å². The van der Waals surface area contributed by atoms with Crippen LogP contribution in [0, 0.1) is 0 Å². The van der Waals surface area contributed by atoms with Gasteiger partial charge in [-0.05, 0) is 37.3 Å². The van der Waals surface area contributed by atoms with E-state index in [2.05, 4.69) is 5.10 Å². The van der Waals surface area contributed by atoms with Gasteiger partial charge < -0.3 is 14.2 Å². The molecule has 0 N–H and O–H groups in total. The van der Waals surface area contributed by atoms with E-state index >= 15 is 0 Å². The molecule has 1 aromatic heterocycles. The Hall–Kier alpha value is -1.74. The third-order valence-electron chi connectivity index (χ3n) is 4.38. The van der Waals surface area contributed by atoms with E-state index < -0.39 is 21.8 Å². The number of carbonyl (C=O) groups excluding carboxylic acids is 2. The molecule has 140 valence electrons. The predicted octanol–water partition coefficient (Wildman–Crippen LogP) is 1.03. The summed E-state index contributed by atoms with van der Waals surface area (Å²) in [7, 11) is 1.60. The summed E-state index contributed by atoms with van der Waals surface area (Å²) >= 11 is -2.19. The Morgan fingerprint density at radius 3 is 2.56 bits per heavy atom. The second-order valence-electron chi connectivity index (χ2n) is 5.91. The standard InChI is InChI=1S/C14H19N3O5S.C2H6/c1-3-22-13(19)10-9-4-7-17(8-14(5-6-14)23(20)21)12(18)11(9)16(2)15-10;1-2/h3-8H2,1-2H3,(H,20,21);1-2H3/p-1. The molecule has 9 heteroatoms. The van der Waals surface area contributed by atoms with Gasteiger partial charge in [0, 0.05) is 25.7 Å². The summed E-state index contributed by atoms with van der Waals surface area (Å²) in [5, 5.41) is 4.12. The molecule has 1 aliphatic heterocycles. The van der Waals surface area contributed by atoms with E-state index in [1.807, 2.05) is 13.8 Å². The van der Waals surface area contributed by atoms with Crippen molar-refractivity contribution in [2.75, 3.05) is 19.7 Å². The van der Waals surface area contributed by atoms with E-state index in [1.165, 1.54) is 4.68 Å². The van der Waals surface area contributed by atoms with Crippen LogP contribution < -0.4 is 0 Å². The molecule has 2 aliphatic rings. The van der Waals surface area contributed by atoms with Gasteiger partial charge >= 0.3 is 5.97 Å². The Labute approximate surface area is 149 Å². The largest absolute Gasteiger partial charge is 0.772 e. The van der Waals surface area contributed by atoms with E-state index in [1.54, 1.807) is 18.9 Å². The van der Waals surface area contributed by atoms with Crippen LogP contribution in [0.1, 0.15) is 60.2 Å². The molecule has 1 aromatic rings. The summed E-state index contributed by atoms with van der Waals surface area (Å²) in [6, 6.07) is 0. The van der Waals surface area contributed by atoms with Crippen LogP contribution in [0.4, 0.5) is 0 Å². The molecular formula is C16H24N3O5S-. The van der Waals surface area contributed by atoms with Crippen LogP contribution in [0.15, 0.2) is 0 Å². The average molecular weight is 370 g/mol. The summed E-state index contributed by atoms with van der Waals surface area (Å²) in [5.41, 5.74) is 1.10. The number of nitrogens with zero attached hydrogens (tertiary/aromatic N) is 3. The van der Waals surface area contributed by atoms with Gasteiger partial charge in [0.2, 0.25) is 0 Å². The fourth-order valence-electron chi connectivity index (χ4n) is 2.95. The predicted molar refractivity (Wildman–Crippen MR) is 91.0 cm³/mol. The molecule has 1 aliphatic carbocycles. The fourth-order valence-corrected chi connectivity index (χ4v) is 3.65. The molecular weight excluding hydrogens is 346 g/mol. The van der Waals surface area contributed by atoms with Crippen LogP contribution in [0.2, 0.25) is 0 Å². The van der Waals surface area contributed by atoms with Crippen LogP contribution in [0.5, 0.6) is 0 Å². The third kappa shape index (κ3) is 3.62. The van der Waals surface area contributed by atoms with Crippen LogP contribution in [0.3, 0.4) is 0 Å². The van der Waals surface area contributed by atoms with Gasteiger partial charge in [0.05, 0.1) is 11.4 Å². The molecule has 0 aromatic carbocycles. The fraction of sp³-hybridized carbons (Fsp3) is 0.688. The minimum absolute atomic E-state index is 0.172. The number of carbonyl (C=O) groups is 2. The Morgan fingerprint density at radius 1 is 1.40 bits per heavy atom. The van der Waals surface area contributed by atoms with Gasteiger partial charge in [-0.3, -0.25) is 13.7 Å². The molecule has 3 rings (SSSR count). The molecule has 0 radical (unpaired) electrons. The third-order valence-corrected chi connectivity index (χ3v) is 5.62. The smallest absolute Gasteiger partial charge is 0.359 e. The van der Waals surface area contributed by atoms with Crippen LogP contribution in [0.25, 0.3) is 0 Å². The first-order valence-electron chi connectivity index (χ1n) is 8.51. The minimum atomic E-state index is -2.19. The van der Waals surface area contributed by atoms with Gasteiger partial charge in [0.25, 0.3) is 5.91 Å². The number of aromatic nitrogens is 2. The molecule has 25 heavy (non-hydrogen) atoms. The van der Waals surface area contributed by atoms with Gasteiger partial charge in [-0.1, -0.05) is 13.8 Å². The lowest BCUT2D eigenvalue weighted by Crippen LogP contribution is -2.45. The Bertz CT molecular complexity index is 696. The summed E-state index contributed by atoms with van der Waals surface area (Å²) in [6.07, 6.45) is 1.63. The number of rotatable bonds is 5. The minimum Gasteiger partial charge on any atom is -0.772 e. The highest BCUT2D eigenvalue weighted by atomic mass is 32.2. The average Bonchev–Trinajstić information content (AvgIpc) is 3.30. The highest BCUT2D eigenvalue weighted by Gasteiger charge is 2.47. The summed E-state index contributed by atoms with van der Waals surface area (Å²) in [6.45, 7) is 6.52. The number of esters is 1. The van der Waals surface area contributed by atoms with Crippen LogP contribution in [-0.2, 0) is 29.3 Å². The van der Waals surface area contributed by atoms with E-state index in [0.29, 0.717) is 37.1 Å². The molecule has 1 unspecified atom stereocenters. The lowest BCUT2D eigenvalue weighted by atomic mass is 10.0. The van der Waals surface area contributed by atoms with Crippen LogP contribution >= 0.6 is 0 Å². The zero-order valence-corrected chi connectivity index (χ0v) is 15.9. The molecule has 1 atom stereocenters. The molecule has 2 heterocycles. The maximum atomic E-state index is 12.7. The molecule has 1 fully saturated rings. The summed E-state index contributed by atoms with van der Waals surface area (Å²) in [5.74, 6) is -0.821. The second-order valence-corrected chi connectivity index (χ2v) is 7.25. The molecule has 0 bridgehead atoms. The molecule has 8 nitrogen and oxygen atoms in total. The Kier molecular flexibility index (Phi) is 5.99. The van der Waals surface area contributed by atoms with Crippen molar-refractivity contribution in [2.24, 2.45) is 7.05 Å². The number of hydrogen-bond donors (Lipinski definition) is 0. The number of hydrogen-bond acceptors (Lipinski definition) is 6. The Morgan fingerprint density at radius 2 is 2.04 bits per heavy atom. The number of aryl methyl sites for hydroxylation is 1. The molecule has 0 saturated heterocycles. The van der Waals surface area contributed by atoms with E-state index in [4.69, 9.17) is 4.74 Å². The van der Waals surface area contributed by atoms with Crippen LogP contribution in [-0.4, -0.2) is 59.8 Å². The first-order chi connectivity index (χ1) is 11.9.